The first-order chi connectivity index (χ1) is 33.7. The number of benzene rings is 3. The number of hydrogen-bond acceptors (Lipinski definition) is 12. The molecule has 0 atom stereocenters. The highest BCUT2D eigenvalue weighted by Gasteiger charge is 2.13. The van der Waals surface area contributed by atoms with E-state index in [2.05, 4.69) is 19.7 Å². The molecule has 3 aromatic rings. The van der Waals surface area contributed by atoms with E-state index in [-0.39, 0.29) is 6.29 Å². The number of esters is 3. The van der Waals surface area contributed by atoms with Gasteiger partial charge in [-0.3, -0.25) is 0 Å². The molecule has 0 N–H and O–H groups in total. The summed E-state index contributed by atoms with van der Waals surface area (Å²) in [5.74, 6) is 1.02. The van der Waals surface area contributed by atoms with Gasteiger partial charge in [0.2, 0.25) is 0 Å². The van der Waals surface area contributed by atoms with Crippen LogP contribution in [0.5, 0.6) is 17.2 Å². The summed E-state index contributed by atoms with van der Waals surface area (Å²) in [5, 5.41) is 0. The maximum absolute atomic E-state index is 11.7. The van der Waals surface area contributed by atoms with E-state index in [9.17, 15) is 14.4 Å². The van der Waals surface area contributed by atoms with E-state index >= 15 is 0 Å². The van der Waals surface area contributed by atoms with Crippen molar-refractivity contribution < 1.29 is 57.0 Å². The van der Waals surface area contributed by atoms with Gasteiger partial charge in [0.05, 0.1) is 64.5 Å². The van der Waals surface area contributed by atoms with Crippen molar-refractivity contribution in [1.82, 2.24) is 0 Å². The Bertz CT molecular complexity index is 1810. The van der Waals surface area contributed by atoms with Gasteiger partial charge in [-0.25, -0.2) is 14.4 Å². The third-order valence-electron chi connectivity index (χ3n) is 11.6. The Morgan fingerprint density at radius 1 is 0.362 bits per heavy atom. The Hall–Kier alpha value is -5.43. The van der Waals surface area contributed by atoms with Crippen LogP contribution in [0, 0.1) is 0 Å². The van der Waals surface area contributed by atoms with Crippen molar-refractivity contribution in [3.63, 3.8) is 0 Å². The second kappa shape index (κ2) is 36.5. The van der Waals surface area contributed by atoms with Gasteiger partial charge in [-0.2, -0.15) is 0 Å². The molecule has 12 nitrogen and oxygen atoms in total. The first kappa shape index (κ1) is 57.9. The summed E-state index contributed by atoms with van der Waals surface area (Å²) < 4.78 is 50.4. The molecule has 0 aromatic heterocycles. The van der Waals surface area contributed by atoms with E-state index in [0.29, 0.717) is 62.8 Å². The Labute approximate surface area is 412 Å². The largest absolute Gasteiger partial charge is 0.494 e. The number of carbonyl (C=O) groups is 3. The van der Waals surface area contributed by atoms with Crippen molar-refractivity contribution in [2.75, 3.05) is 67.6 Å². The van der Waals surface area contributed by atoms with Gasteiger partial charge in [0, 0.05) is 26.2 Å². The summed E-state index contributed by atoms with van der Waals surface area (Å²) in [6, 6.07) is 22.1. The quantitative estimate of drug-likeness (QED) is 0.0176. The van der Waals surface area contributed by atoms with Crippen molar-refractivity contribution >= 4 is 34.6 Å². The zero-order chi connectivity index (χ0) is 49.7. The van der Waals surface area contributed by atoms with Crippen molar-refractivity contribution in [2.45, 2.75) is 128 Å². The first-order valence-corrected chi connectivity index (χ1v) is 25.0. The number of rotatable bonds is 41. The van der Waals surface area contributed by atoms with Gasteiger partial charge < -0.3 is 42.6 Å². The number of unbranched alkanes of at least 4 members (excludes halogenated alkanes) is 15. The summed E-state index contributed by atoms with van der Waals surface area (Å²) in [6.07, 6.45) is 20.0. The predicted molar refractivity (Wildman–Crippen MR) is 273 cm³/mol. The third-order valence-corrected chi connectivity index (χ3v) is 11.6. The SMILES string of the molecule is C=C(C(=O)OC)c1ccc(OCCCCCCCCOCCC(OCCCCCCCCOc2ccc(C(=C)C(=O)OC)cc2)OCCCCCCCCOc2ccc(C(=C)C(=O)OC)cc2)cc1. The summed E-state index contributed by atoms with van der Waals surface area (Å²) in [4.78, 5) is 35.1. The van der Waals surface area contributed by atoms with Crippen molar-refractivity contribution in [1.29, 1.82) is 0 Å². The van der Waals surface area contributed by atoms with Crippen LogP contribution in [0.25, 0.3) is 16.7 Å². The number of ether oxygens (including phenoxy) is 9. The molecule has 0 spiro atoms. The second-order valence-electron chi connectivity index (χ2n) is 17.0. The van der Waals surface area contributed by atoms with E-state index in [0.717, 1.165) is 150 Å². The van der Waals surface area contributed by atoms with Crippen LogP contribution in [-0.4, -0.2) is 91.8 Å². The molecule has 0 bridgehead atoms. The summed E-state index contributed by atoms with van der Waals surface area (Å²) in [6.45, 7) is 16.0. The lowest BCUT2D eigenvalue weighted by molar-refractivity contribution is -0.154. The Morgan fingerprint density at radius 2 is 0.623 bits per heavy atom. The lowest BCUT2D eigenvalue weighted by atomic mass is 10.1. The summed E-state index contributed by atoms with van der Waals surface area (Å²) in [7, 11) is 4.04. The van der Waals surface area contributed by atoms with Gasteiger partial charge >= 0.3 is 17.9 Å². The minimum atomic E-state index is -0.437. The van der Waals surface area contributed by atoms with E-state index in [4.69, 9.17) is 42.6 Å². The average Bonchev–Trinajstić information content (AvgIpc) is 3.38. The van der Waals surface area contributed by atoms with Crippen molar-refractivity contribution in [3.05, 3.63) is 109 Å². The molecule has 12 heteroatoms. The van der Waals surface area contributed by atoms with Gasteiger partial charge in [0.25, 0.3) is 0 Å². The molecule has 69 heavy (non-hydrogen) atoms. The van der Waals surface area contributed by atoms with Crippen LogP contribution in [0.3, 0.4) is 0 Å². The van der Waals surface area contributed by atoms with Crippen LogP contribution in [0.15, 0.2) is 92.5 Å². The molecular formula is C57H80O12. The molecule has 0 saturated carbocycles. The summed E-state index contributed by atoms with van der Waals surface area (Å²) >= 11 is 0. The molecular weight excluding hydrogens is 877 g/mol. The fourth-order valence-electron chi connectivity index (χ4n) is 7.31. The molecule has 0 unspecified atom stereocenters. The molecule has 0 heterocycles. The van der Waals surface area contributed by atoms with Crippen LogP contribution < -0.4 is 14.2 Å². The molecule has 0 aliphatic carbocycles. The highest BCUT2D eigenvalue weighted by molar-refractivity contribution is 6.16. The number of carbonyl (C=O) groups excluding carboxylic acids is 3. The maximum Gasteiger partial charge on any atom is 0.337 e. The van der Waals surface area contributed by atoms with E-state index in [1.807, 2.05) is 72.8 Å². The molecule has 0 aliphatic heterocycles. The van der Waals surface area contributed by atoms with Crippen LogP contribution >= 0.6 is 0 Å². The van der Waals surface area contributed by atoms with E-state index < -0.39 is 17.9 Å². The monoisotopic (exact) mass is 957 g/mol. The molecule has 380 valence electrons. The van der Waals surface area contributed by atoms with Gasteiger partial charge in [-0.05, 0) is 91.6 Å². The second-order valence-corrected chi connectivity index (χ2v) is 17.0. The third kappa shape index (κ3) is 25.1. The molecule has 3 aromatic carbocycles. The highest BCUT2D eigenvalue weighted by Crippen LogP contribution is 2.22. The van der Waals surface area contributed by atoms with Gasteiger partial charge in [0.1, 0.15) is 17.2 Å². The average molecular weight is 957 g/mol. The Morgan fingerprint density at radius 3 is 0.913 bits per heavy atom. The molecule has 0 radical (unpaired) electrons. The number of hydrogen-bond donors (Lipinski definition) is 0. The normalized spacial score (nSPS) is 11.0. The maximum atomic E-state index is 11.7. The molecule has 0 saturated heterocycles. The fourth-order valence-corrected chi connectivity index (χ4v) is 7.31. The van der Waals surface area contributed by atoms with Crippen LogP contribution in [0.2, 0.25) is 0 Å². The number of methoxy groups -OCH3 is 3. The molecule has 0 amide bonds. The molecule has 3 rings (SSSR count). The van der Waals surface area contributed by atoms with E-state index in [1.165, 1.54) is 27.8 Å². The lowest BCUT2D eigenvalue weighted by Gasteiger charge is -2.19. The van der Waals surface area contributed by atoms with Gasteiger partial charge in [0.15, 0.2) is 6.29 Å². The smallest absolute Gasteiger partial charge is 0.337 e. The highest BCUT2D eigenvalue weighted by atomic mass is 16.7. The molecule has 0 aliphatic rings. The van der Waals surface area contributed by atoms with E-state index in [1.54, 1.807) is 0 Å². The summed E-state index contributed by atoms with van der Waals surface area (Å²) in [5.41, 5.74) is 3.16. The standard InChI is InChI=1S/C57H80O12/c1-45(55(58)61-4)48-25-31-51(32-26-48)65-39-20-14-8-7-13-19-38-64-44-37-54(68-42-23-17-11-9-15-21-40-66-52-33-27-49(28-34-52)46(2)56(59)62-5)69-43-24-18-12-10-16-22-41-67-53-35-29-50(30-36-53)47(3)57(60)63-6/h25-36,54H,1-3,7-24,37-44H2,4-6H3. The zero-order valence-electron chi connectivity index (χ0n) is 41.9. The van der Waals surface area contributed by atoms with Crippen molar-refractivity contribution in [3.8, 4) is 17.2 Å². The Balaban J connectivity index is 1.24. The van der Waals surface area contributed by atoms with Crippen LogP contribution in [-0.2, 0) is 42.8 Å². The fraction of sp³-hybridized carbons (Fsp3) is 0.526. The first-order valence-electron chi connectivity index (χ1n) is 25.0. The minimum Gasteiger partial charge on any atom is -0.494 e. The predicted octanol–water partition coefficient (Wildman–Crippen LogP) is 12.6. The lowest BCUT2D eigenvalue weighted by Crippen LogP contribution is -2.21. The zero-order valence-corrected chi connectivity index (χ0v) is 41.9. The van der Waals surface area contributed by atoms with Gasteiger partial charge in [-0.1, -0.05) is 133 Å². The minimum absolute atomic E-state index is 0.265. The van der Waals surface area contributed by atoms with Gasteiger partial charge in [-0.15, -0.1) is 0 Å². The van der Waals surface area contributed by atoms with Crippen LogP contribution in [0.4, 0.5) is 0 Å². The van der Waals surface area contributed by atoms with Crippen molar-refractivity contribution in [2.24, 2.45) is 0 Å². The van der Waals surface area contributed by atoms with Crippen LogP contribution in [0.1, 0.15) is 139 Å². The Kier molecular flexibility index (Phi) is 30.7. The topological polar surface area (TPSA) is 134 Å². The molecule has 0 fully saturated rings.